The maximum Gasteiger partial charge on any atom is 0.311 e. The number of ether oxygens (including phenoxy) is 1. The molecule has 3 rings (SSSR count). The third kappa shape index (κ3) is 5.29. The van der Waals surface area contributed by atoms with E-state index in [0.29, 0.717) is 22.8 Å². The van der Waals surface area contributed by atoms with E-state index in [1.807, 2.05) is 0 Å². The molecule has 31 heavy (non-hydrogen) atoms. The van der Waals surface area contributed by atoms with Gasteiger partial charge in [0.05, 0.1) is 22.2 Å². The summed E-state index contributed by atoms with van der Waals surface area (Å²) in [7, 11) is 1.31. The zero-order valence-corrected chi connectivity index (χ0v) is 18.1. The second-order valence-electron chi connectivity index (χ2n) is 6.16. The molecule has 3 aromatic rings. The first kappa shape index (κ1) is 22.1. The van der Waals surface area contributed by atoms with Gasteiger partial charge in [-0.1, -0.05) is 18.3 Å². The van der Waals surface area contributed by atoms with Crippen molar-refractivity contribution in [2.75, 3.05) is 17.7 Å². The van der Waals surface area contributed by atoms with E-state index in [-0.39, 0.29) is 28.0 Å². The molecular formula is C19H17N5O5S2. The van der Waals surface area contributed by atoms with E-state index >= 15 is 0 Å². The maximum absolute atomic E-state index is 12.4. The van der Waals surface area contributed by atoms with Gasteiger partial charge in [-0.2, -0.15) is 0 Å². The highest BCUT2D eigenvalue weighted by Gasteiger charge is 2.19. The van der Waals surface area contributed by atoms with Gasteiger partial charge >= 0.3 is 5.69 Å². The van der Waals surface area contributed by atoms with Crippen molar-refractivity contribution in [2.45, 2.75) is 13.3 Å². The zero-order valence-electron chi connectivity index (χ0n) is 16.4. The van der Waals surface area contributed by atoms with Crippen molar-refractivity contribution >= 4 is 67.2 Å². The van der Waals surface area contributed by atoms with Gasteiger partial charge in [0.15, 0.2) is 16.0 Å². The molecule has 0 unspecified atom stereocenters. The van der Waals surface area contributed by atoms with Crippen molar-refractivity contribution in [2.24, 2.45) is 0 Å². The second-order valence-corrected chi connectivity index (χ2v) is 7.59. The van der Waals surface area contributed by atoms with Crippen molar-refractivity contribution in [1.29, 1.82) is 0 Å². The Hall–Kier alpha value is -3.64. The van der Waals surface area contributed by atoms with Crippen LogP contribution in [0, 0.1) is 10.1 Å². The van der Waals surface area contributed by atoms with Crippen LogP contribution in [0.3, 0.4) is 0 Å². The quantitative estimate of drug-likeness (QED) is 0.288. The van der Waals surface area contributed by atoms with Gasteiger partial charge in [-0.05, 0) is 42.5 Å². The Balaban J connectivity index is 1.69. The van der Waals surface area contributed by atoms with Gasteiger partial charge in [-0.3, -0.25) is 25.0 Å². The van der Waals surface area contributed by atoms with Crippen LogP contribution in [0.1, 0.15) is 23.7 Å². The third-order valence-corrected chi connectivity index (χ3v) is 5.22. The monoisotopic (exact) mass is 459 g/mol. The summed E-state index contributed by atoms with van der Waals surface area (Å²) in [5.41, 5.74) is 1.06. The molecule has 0 saturated heterocycles. The number of amides is 2. The molecule has 0 spiro atoms. The number of nitrogens with zero attached hydrogens (tertiary/aromatic N) is 2. The lowest BCUT2D eigenvalue weighted by Gasteiger charge is -2.10. The molecule has 0 atom stereocenters. The van der Waals surface area contributed by atoms with Crippen LogP contribution in [0.2, 0.25) is 0 Å². The van der Waals surface area contributed by atoms with E-state index in [9.17, 15) is 19.7 Å². The summed E-state index contributed by atoms with van der Waals surface area (Å²) in [6, 6.07) is 9.13. The molecule has 0 aliphatic carbocycles. The van der Waals surface area contributed by atoms with Gasteiger partial charge in [-0.15, -0.1) is 0 Å². The number of thiazole rings is 1. The minimum atomic E-state index is -0.631. The Labute approximate surface area is 185 Å². The van der Waals surface area contributed by atoms with E-state index in [4.69, 9.17) is 17.0 Å². The molecule has 3 N–H and O–H groups in total. The summed E-state index contributed by atoms with van der Waals surface area (Å²) >= 11 is 6.49. The maximum atomic E-state index is 12.4. The third-order valence-electron chi connectivity index (χ3n) is 4.08. The number of thiocarbonyl (C=S) groups is 1. The van der Waals surface area contributed by atoms with Crippen molar-refractivity contribution in [3.63, 3.8) is 0 Å². The van der Waals surface area contributed by atoms with Gasteiger partial charge in [0.2, 0.25) is 5.91 Å². The molecule has 0 fully saturated rings. The Morgan fingerprint density at radius 1 is 1.23 bits per heavy atom. The second kappa shape index (κ2) is 9.45. The molecule has 1 aromatic heterocycles. The number of nitro groups is 1. The van der Waals surface area contributed by atoms with Crippen LogP contribution in [0.5, 0.6) is 5.75 Å². The van der Waals surface area contributed by atoms with E-state index in [1.54, 1.807) is 25.1 Å². The predicted molar refractivity (Wildman–Crippen MR) is 122 cm³/mol. The summed E-state index contributed by atoms with van der Waals surface area (Å²) in [6.07, 6.45) is 0.355. The molecule has 0 bridgehead atoms. The van der Waals surface area contributed by atoms with Crippen LogP contribution in [-0.4, -0.2) is 33.9 Å². The molecule has 0 radical (unpaired) electrons. The zero-order chi connectivity index (χ0) is 22.5. The first-order chi connectivity index (χ1) is 14.8. The van der Waals surface area contributed by atoms with E-state index < -0.39 is 10.8 Å². The van der Waals surface area contributed by atoms with Gasteiger partial charge in [0.1, 0.15) is 0 Å². The Morgan fingerprint density at radius 2 is 2.00 bits per heavy atom. The fraction of sp³-hybridized carbons (Fsp3) is 0.158. The molecule has 0 aliphatic heterocycles. The van der Waals surface area contributed by atoms with E-state index in [1.165, 1.54) is 30.6 Å². The van der Waals surface area contributed by atoms with Crippen LogP contribution in [0.15, 0.2) is 36.4 Å². The molecule has 160 valence electrons. The summed E-state index contributed by atoms with van der Waals surface area (Å²) in [5.74, 6) is -0.679. The van der Waals surface area contributed by atoms with Crippen LogP contribution in [0.25, 0.3) is 10.2 Å². The number of carbonyl (C=O) groups is 2. The molecule has 2 aromatic carbocycles. The fourth-order valence-electron chi connectivity index (χ4n) is 2.58. The van der Waals surface area contributed by atoms with Crippen molar-refractivity contribution < 1.29 is 19.2 Å². The molecule has 0 saturated carbocycles. The average Bonchev–Trinajstić information content (AvgIpc) is 3.14. The molecule has 10 nitrogen and oxygen atoms in total. The minimum Gasteiger partial charge on any atom is -0.490 e. The predicted octanol–water partition coefficient (Wildman–Crippen LogP) is 3.69. The number of carbonyl (C=O) groups excluding carboxylic acids is 2. The van der Waals surface area contributed by atoms with Crippen molar-refractivity contribution in [3.05, 3.63) is 52.1 Å². The van der Waals surface area contributed by atoms with Gasteiger partial charge < -0.3 is 15.4 Å². The lowest BCUT2D eigenvalue weighted by Crippen LogP contribution is -2.34. The Kier molecular flexibility index (Phi) is 6.72. The van der Waals surface area contributed by atoms with Crippen LogP contribution < -0.4 is 20.7 Å². The number of aromatic nitrogens is 1. The fourth-order valence-corrected chi connectivity index (χ4v) is 3.71. The van der Waals surface area contributed by atoms with E-state index in [2.05, 4.69) is 20.9 Å². The lowest BCUT2D eigenvalue weighted by molar-refractivity contribution is -0.385. The number of anilines is 2. The number of fused-ring (bicyclic) bond motifs is 1. The highest BCUT2D eigenvalue weighted by molar-refractivity contribution is 7.80. The number of hydrogen-bond acceptors (Lipinski definition) is 8. The normalized spacial score (nSPS) is 10.4. The Bertz CT molecular complexity index is 1190. The Morgan fingerprint density at radius 3 is 2.68 bits per heavy atom. The van der Waals surface area contributed by atoms with Crippen LogP contribution in [0.4, 0.5) is 16.5 Å². The highest BCUT2D eigenvalue weighted by Crippen LogP contribution is 2.29. The SMILES string of the molecule is CCC(=O)Nc1nc2ccc(NC(=S)NC(=O)c3ccc(OC)c([N+](=O)[O-])c3)cc2s1. The number of nitrogens with one attached hydrogen (secondary N) is 3. The van der Waals surface area contributed by atoms with E-state index in [0.717, 1.165) is 10.8 Å². The minimum absolute atomic E-state index is 0.0202. The first-order valence-electron chi connectivity index (χ1n) is 8.96. The number of nitro benzene ring substituents is 1. The summed E-state index contributed by atoms with van der Waals surface area (Å²) in [5, 5.41) is 19.7. The van der Waals surface area contributed by atoms with Crippen molar-refractivity contribution in [3.8, 4) is 5.75 Å². The van der Waals surface area contributed by atoms with Crippen LogP contribution in [-0.2, 0) is 4.79 Å². The van der Waals surface area contributed by atoms with Gasteiger partial charge in [0, 0.05) is 23.7 Å². The van der Waals surface area contributed by atoms with Crippen LogP contribution >= 0.6 is 23.6 Å². The topological polar surface area (TPSA) is 135 Å². The summed E-state index contributed by atoms with van der Waals surface area (Å²) < 4.78 is 5.74. The largest absolute Gasteiger partial charge is 0.490 e. The molecular weight excluding hydrogens is 442 g/mol. The number of hydrogen-bond donors (Lipinski definition) is 3. The standard InChI is InChI=1S/C19H17N5O5S2/c1-3-16(25)22-19-21-12-6-5-11(9-15(12)31-19)20-18(30)23-17(26)10-4-7-14(29-2)13(8-10)24(27)28/h4-9H,3H2,1-2H3,(H,21,22,25)(H2,20,23,26,30). The smallest absolute Gasteiger partial charge is 0.311 e. The number of rotatable bonds is 6. The number of benzene rings is 2. The van der Waals surface area contributed by atoms with Gasteiger partial charge in [-0.25, -0.2) is 4.98 Å². The summed E-state index contributed by atoms with van der Waals surface area (Å²) in [4.78, 5) is 38.8. The first-order valence-corrected chi connectivity index (χ1v) is 10.2. The molecule has 2 amide bonds. The molecule has 1 heterocycles. The number of methoxy groups -OCH3 is 1. The summed E-state index contributed by atoms with van der Waals surface area (Å²) in [6.45, 7) is 1.75. The molecule has 0 aliphatic rings. The van der Waals surface area contributed by atoms with Crippen molar-refractivity contribution in [1.82, 2.24) is 10.3 Å². The van der Waals surface area contributed by atoms with Gasteiger partial charge in [0.25, 0.3) is 5.91 Å². The average molecular weight is 460 g/mol. The highest BCUT2D eigenvalue weighted by atomic mass is 32.1. The molecule has 12 heteroatoms. The lowest BCUT2D eigenvalue weighted by atomic mass is 10.2.